The van der Waals surface area contributed by atoms with Gasteiger partial charge in [-0.1, -0.05) is 13.8 Å². The first-order chi connectivity index (χ1) is 6.95. The molecule has 0 aliphatic carbocycles. The van der Waals surface area contributed by atoms with E-state index in [0.717, 1.165) is 0 Å². The van der Waals surface area contributed by atoms with Gasteiger partial charge in [0.05, 0.1) is 6.61 Å². The average Bonchev–Trinajstić information content (AvgIpc) is 2.08. The summed E-state index contributed by atoms with van der Waals surface area (Å²) in [6, 6.07) is -0.595. The Hall–Kier alpha value is -1.14. The Kier molecular flexibility index (Phi) is 6.64. The first-order valence-corrected chi connectivity index (χ1v) is 4.77. The highest BCUT2D eigenvalue weighted by atomic mass is 16.5. The summed E-state index contributed by atoms with van der Waals surface area (Å²) >= 11 is 0. The van der Waals surface area contributed by atoms with E-state index in [0.29, 0.717) is 6.54 Å². The second-order valence-electron chi connectivity index (χ2n) is 3.53. The van der Waals surface area contributed by atoms with E-state index < -0.39 is 17.9 Å². The van der Waals surface area contributed by atoms with Crippen molar-refractivity contribution in [3.63, 3.8) is 0 Å². The van der Waals surface area contributed by atoms with Gasteiger partial charge in [0.1, 0.15) is 12.6 Å². The molecule has 0 bridgehead atoms. The standard InChI is InChI=1S/C9H18N2O4/c1-6(2)8(9(13)14)11-3-4-15-5-7(10)12/h6,8,11H,3-5H2,1-2H3,(H2,10,12)(H,13,14). The van der Waals surface area contributed by atoms with Gasteiger partial charge in [0, 0.05) is 6.54 Å². The topological polar surface area (TPSA) is 102 Å². The van der Waals surface area contributed by atoms with E-state index in [4.69, 9.17) is 15.6 Å². The molecule has 0 aliphatic rings. The summed E-state index contributed by atoms with van der Waals surface area (Å²) in [7, 11) is 0. The Morgan fingerprint density at radius 1 is 1.47 bits per heavy atom. The second kappa shape index (κ2) is 7.19. The van der Waals surface area contributed by atoms with Crippen molar-refractivity contribution in [3.05, 3.63) is 0 Å². The lowest BCUT2D eigenvalue weighted by Gasteiger charge is -2.17. The molecule has 6 heteroatoms. The third-order valence-electron chi connectivity index (χ3n) is 1.79. The smallest absolute Gasteiger partial charge is 0.320 e. The van der Waals surface area contributed by atoms with Crippen molar-refractivity contribution < 1.29 is 19.4 Å². The van der Waals surface area contributed by atoms with Gasteiger partial charge in [-0.05, 0) is 5.92 Å². The zero-order valence-electron chi connectivity index (χ0n) is 9.03. The molecule has 0 rings (SSSR count). The summed E-state index contributed by atoms with van der Waals surface area (Å²) in [5, 5.41) is 11.6. The molecule has 1 unspecified atom stereocenters. The van der Waals surface area contributed by atoms with Crippen LogP contribution >= 0.6 is 0 Å². The molecule has 0 spiro atoms. The molecular formula is C9H18N2O4. The zero-order valence-corrected chi connectivity index (χ0v) is 9.03. The quantitative estimate of drug-likeness (QED) is 0.462. The van der Waals surface area contributed by atoms with Crippen LogP contribution in [0.3, 0.4) is 0 Å². The number of rotatable bonds is 8. The monoisotopic (exact) mass is 218 g/mol. The predicted octanol–water partition coefficient (Wildman–Crippen LogP) is -0.813. The lowest BCUT2D eigenvalue weighted by Crippen LogP contribution is -2.42. The molecule has 0 heterocycles. The molecule has 0 aromatic heterocycles. The van der Waals surface area contributed by atoms with Crippen LogP contribution in [0.5, 0.6) is 0 Å². The minimum atomic E-state index is -0.889. The van der Waals surface area contributed by atoms with Gasteiger partial charge in [-0.15, -0.1) is 0 Å². The minimum Gasteiger partial charge on any atom is -0.480 e. The molecule has 4 N–H and O–H groups in total. The number of ether oxygens (including phenoxy) is 1. The number of primary amides is 1. The summed E-state index contributed by atoms with van der Waals surface area (Å²) in [5.41, 5.74) is 4.85. The third-order valence-corrected chi connectivity index (χ3v) is 1.79. The van der Waals surface area contributed by atoms with E-state index >= 15 is 0 Å². The minimum absolute atomic E-state index is 0.00126. The number of carbonyl (C=O) groups excluding carboxylic acids is 1. The van der Waals surface area contributed by atoms with Crippen molar-refractivity contribution in [3.8, 4) is 0 Å². The highest BCUT2D eigenvalue weighted by Crippen LogP contribution is 2.00. The fraction of sp³-hybridized carbons (Fsp3) is 0.778. The number of hydrogen-bond acceptors (Lipinski definition) is 4. The van der Waals surface area contributed by atoms with Crippen molar-refractivity contribution in [2.45, 2.75) is 19.9 Å². The third kappa shape index (κ3) is 6.87. The van der Waals surface area contributed by atoms with E-state index in [1.165, 1.54) is 0 Å². The number of carboxylic acid groups (broad SMARTS) is 1. The van der Waals surface area contributed by atoms with Crippen molar-refractivity contribution in [2.24, 2.45) is 11.7 Å². The number of aliphatic carboxylic acids is 1. The van der Waals surface area contributed by atoms with Crippen LogP contribution < -0.4 is 11.1 Å². The zero-order chi connectivity index (χ0) is 11.8. The summed E-state index contributed by atoms with van der Waals surface area (Å²) < 4.78 is 4.87. The van der Waals surface area contributed by atoms with Crippen molar-refractivity contribution in [2.75, 3.05) is 19.8 Å². The SMILES string of the molecule is CC(C)C(NCCOCC(N)=O)C(=O)O. The average molecular weight is 218 g/mol. The Morgan fingerprint density at radius 3 is 2.47 bits per heavy atom. The van der Waals surface area contributed by atoms with Gasteiger partial charge in [0.25, 0.3) is 0 Å². The maximum absolute atomic E-state index is 10.7. The molecule has 88 valence electrons. The first-order valence-electron chi connectivity index (χ1n) is 4.77. The Bertz CT molecular complexity index is 218. The number of nitrogens with two attached hydrogens (primary N) is 1. The van der Waals surface area contributed by atoms with E-state index in [1.807, 2.05) is 13.8 Å². The summed E-state index contributed by atoms with van der Waals surface area (Å²) in [5.74, 6) is -1.42. The van der Waals surface area contributed by atoms with E-state index in [1.54, 1.807) is 0 Å². The number of nitrogens with one attached hydrogen (secondary N) is 1. The second-order valence-corrected chi connectivity index (χ2v) is 3.53. The Balaban J connectivity index is 3.63. The number of carbonyl (C=O) groups is 2. The number of hydrogen-bond donors (Lipinski definition) is 3. The van der Waals surface area contributed by atoms with Crippen LogP contribution in [0.25, 0.3) is 0 Å². The Morgan fingerprint density at radius 2 is 2.07 bits per heavy atom. The van der Waals surface area contributed by atoms with E-state index in [9.17, 15) is 9.59 Å². The van der Waals surface area contributed by atoms with Gasteiger partial charge in [-0.25, -0.2) is 0 Å². The van der Waals surface area contributed by atoms with Crippen LogP contribution in [0, 0.1) is 5.92 Å². The molecule has 0 aromatic carbocycles. The van der Waals surface area contributed by atoms with Gasteiger partial charge in [0.2, 0.25) is 5.91 Å². The maximum atomic E-state index is 10.7. The molecule has 1 amide bonds. The van der Waals surface area contributed by atoms with Crippen LogP contribution in [0.2, 0.25) is 0 Å². The van der Waals surface area contributed by atoms with Crippen molar-refractivity contribution in [1.29, 1.82) is 0 Å². The van der Waals surface area contributed by atoms with E-state index in [-0.39, 0.29) is 19.1 Å². The molecule has 0 radical (unpaired) electrons. The fourth-order valence-electron chi connectivity index (χ4n) is 1.07. The molecule has 0 fully saturated rings. The lowest BCUT2D eigenvalue weighted by molar-refractivity contribution is -0.140. The number of carboxylic acids is 1. The van der Waals surface area contributed by atoms with Gasteiger partial charge in [-0.3, -0.25) is 9.59 Å². The first kappa shape index (κ1) is 13.9. The highest BCUT2D eigenvalue weighted by Gasteiger charge is 2.19. The highest BCUT2D eigenvalue weighted by molar-refractivity contribution is 5.75. The largest absolute Gasteiger partial charge is 0.480 e. The molecule has 0 saturated heterocycles. The Labute approximate surface area is 88.8 Å². The van der Waals surface area contributed by atoms with Gasteiger partial charge in [-0.2, -0.15) is 0 Å². The predicted molar refractivity (Wildman–Crippen MR) is 54.3 cm³/mol. The normalized spacial score (nSPS) is 12.7. The summed E-state index contributed by atoms with van der Waals surface area (Å²) in [4.78, 5) is 21.0. The molecule has 0 aliphatic heterocycles. The molecule has 15 heavy (non-hydrogen) atoms. The summed E-state index contributed by atoms with van der Waals surface area (Å²) in [6.07, 6.45) is 0. The van der Waals surface area contributed by atoms with Gasteiger partial charge in [0.15, 0.2) is 0 Å². The van der Waals surface area contributed by atoms with E-state index in [2.05, 4.69) is 5.32 Å². The lowest BCUT2D eigenvalue weighted by atomic mass is 10.1. The van der Waals surface area contributed by atoms with Crippen LogP contribution in [-0.4, -0.2) is 42.8 Å². The number of amides is 1. The van der Waals surface area contributed by atoms with Crippen LogP contribution in [0.15, 0.2) is 0 Å². The molecule has 1 atom stereocenters. The molecule has 6 nitrogen and oxygen atoms in total. The van der Waals surface area contributed by atoms with Crippen LogP contribution in [-0.2, 0) is 14.3 Å². The van der Waals surface area contributed by atoms with Gasteiger partial charge < -0.3 is 20.9 Å². The van der Waals surface area contributed by atoms with Crippen LogP contribution in [0.1, 0.15) is 13.8 Å². The van der Waals surface area contributed by atoms with Crippen molar-refractivity contribution >= 4 is 11.9 Å². The van der Waals surface area contributed by atoms with Crippen LogP contribution in [0.4, 0.5) is 0 Å². The van der Waals surface area contributed by atoms with Gasteiger partial charge >= 0.3 is 5.97 Å². The molecular weight excluding hydrogens is 200 g/mol. The molecule has 0 saturated carbocycles. The van der Waals surface area contributed by atoms with Crippen molar-refractivity contribution in [1.82, 2.24) is 5.32 Å². The molecule has 0 aromatic rings. The summed E-state index contributed by atoms with van der Waals surface area (Å²) in [6.45, 7) is 4.13. The fourth-order valence-corrected chi connectivity index (χ4v) is 1.07. The maximum Gasteiger partial charge on any atom is 0.320 e.